The van der Waals surface area contributed by atoms with Crippen LogP contribution in [0.15, 0.2) is 48.5 Å². The highest BCUT2D eigenvalue weighted by Gasteiger charge is 2.16. The molecule has 1 aromatic heterocycles. The van der Waals surface area contributed by atoms with Crippen LogP contribution in [0.25, 0.3) is 10.2 Å². The number of fused-ring (bicyclic) bond motifs is 1. The highest BCUT2D eigenvalue weighted by atomic mass is 32.1. The maximum absolute atomic E-state index is 12.2. The standard InChI is InChI=1S/C17H16N2O2S/c1-11-6-5-7-13(10-11)21-12(2)16(20)19-17-18-14-8-3-4-9-15(14)22-17/h3-10,12H,1-2H3,(H,18,19,20)/t12-/m1/s1. The number of carbonyl (C=O) groups excluding carboxylic acids is 1. The van der Waals surface area contributed by atoms with Crippen molar-refractivity contribution in [3.05, 3.63) is 54.1 Å². The summed E-state index contributed by atoms with van der Waals surface area (Å²) in [5, 5.41) is 3.40. The summed E-state index contributed by atoms with van der Waals surface area (Å²) < 4.78 is 6.71. The lowest BCUT2D eigenvalue weighted by molar-refractivity contribution is -0.122. The number of ether oxygens (including phenoxy) is 1. The average Bonchev–Trinajstić information content (AvgIpc) is 2.89. The summed E-state index contributed by atoms with van der Waals surface area (Å²) in [6.45, 7) is 3.71. The summed E-state index contributed by atoms with van der Waals surface area (Å²) in [6.07, 6.45) is -0.589. The van der Waals surface area contributed by atoms with Gasteiger partial charge in [-0.05, 0) is 43.7 Å². The van der Waals surface area contributed by atoms with Crippen molar-refractivity contribution in [3.63, 3.8) is 0 Å². The maximum atomic E-state index is 12.2. The highest BCUT2D eigenvalue weighted by molar-refractivity contribution is 7.22. The third-order valence-corrected chi connectivity index (χ3v) is 4.15. The van der Waals surface area contributed by atoms with Gasteiger partial charge in [0.1, 0.15) is 5.75 Å². The Kier molecular flexibility index (Phi) is 4.06. The van der Waals surface area contributed by atoms with E-state index in [4.69, 9.17) is 4.74 Å². The van der Waals surface area contributed by atoms with Crippen LogP contribution in [-0.2, 0) is 4.79 Å². The Balaban J connectivity index is 1.68. The van der Waals surface area contributed by atoms with Crippen molar-refractivity contribution in [2.24, 2.45) is 0 Å². The fraction of sp³-hybridized carbons (Fsp3) is 0.176. The van der Waals surface area contributed by atoms with E-state index in [1.807, 2.05) is 55.5 Å². The predicted octanol–water partition coefficient (Wildman–Crippen LogP) is 4.01. The second-order valence-electron chi connectivity index (χ2n) is 5.05. The van der Waals surface area contributed by atoms with Crippen LogP contribution in [-0.4, -0.2) is 17.0 Å². The molecule has 3 rings (SSSR count). The molecule has 3 aromatic rings. The Morgan fingerprint density at radius 3 is 2.82 bits per heavy atom. The molecule has 1 heterocycles. The van der Waals surface area contributed by atoms with Crippen LogP contribution in [0.4, 0.5) is 5.13 Å². The van der Waals surface area contributed by atoms with E-state index in [0.717, 1.165) is 15.8 Å². The fourth-order valence-electron chi connectivity index (χ4n) is 2.08. The number of carbonyl (C=O) groups is 1. The van der Waals surface area contributed by atoms with Crippen molar-refractivity contribution in [1.29, 1.82) is 0 Å². The van der Waals surface area contributed by atoms with Crippen molar-refractivity contribution < 1.29 is 9.53 Å². The molecule has 0 fully saturated rings. The summed E-state index contributed by atoms with van der Waals surface area (Å²) in [5.41, 5.74) is 1.98. The zero-order chi connectivity index (χ0) is 15.5. The number of anilines is 1. The van der Waals surface area contributed by atoms with Crippen LogP contribution in [0.2, 0.25) is 0 Å². The minimum Gasteiger partial charge on any atom is -0.481 e. The van der Waals surface area contributed by atoms with Gasteiger partial charge in [0.2, 0.25) is 0 Å². The molecule has 0 aliphatic heterocycles. The third kappa shape index (κ3) is 3.26. The van der Waals surface area contributed by atoms with Crippen LogP contribution < -0.4 is 10.1 Å². The normalized spacial score (nSPS) is 12.1. The fourth-order valence-corrected chi connectivity index (χ4v) is 2.95. The molecule has 0 saturated heterocycles. The lowest BCUT2D eigenvalue weighted by Gasteiger charge is -2.13. The molecule has 1 amide bonds. The van der Waals surface area contributed by atoms with Gasteiger partial charge in [-0.1, -0.05) is 35.6 Å². The first-order valence-electron chi connectivity index (χ1n) is 7.01. The quantitative estimate of drug-likeness (QED) is 0.792. The van der Waals surface area contributed by atoms with Crippen molar-refractivity contribution in [2.75, 3.05) is 5.32 Å². The first kappa shape index (κ1) is 14.5. The Labute approximate surface area is 132 Å². The molecule has 22 heavy (non-hydrogen) atoms. The molecule has 0 saturated carbocycles. The summed E-state index contributed by atoms with van der Waals surface area (Å²) >= 11 is 1.45. The van der Waals surface area contributed by atoms with Gasteiger partial charge in [-0.25, -0.2) is 4.98 Å². The number of aromatic nitrogens is 1. The van der Waals surface area contributed by atoms with Crippen LogP contribution >= 0.6 is 11.3 Å². The minimum absolute atomic E-state index is 0.208. The van der Waals surface area contributed by atoms with Gasteiger partial charge in [-0.2, -0.15) is 0 Å². The second kappa shape index (κ2) is 6.15. The molecule has 0 unspecified atom stereocenters. The van der Waals surface area contributed by atoms with Crippen molar-refractivity contribution in [2.45, 2.75) is 20.0 Å². The zero-order valence-corrected chi connectivity index (χ0v) is 13.2. The number of aryl methyl sites for hydroxylation is 1. The van der Waals surface area contributed by atoms with Gasteiger partial charge in [0.05, 0.1) is 10.2 Å². The number of para-hydroxylation sites is 1. The van der Waals surface area contributed by atoms with E-state index in [-0.39, 0.29) is 5.91 Å². The highest BCUT2D eigenvalue weighted by Crippen LogP contribution is 2.25. The molecule has 1 N–H and O–H groups in total. The number of hydrogen-bond acceptors (Lipinski definition) is 4. The van der Waals surface area contributed by atoms with Gasteiger partial charge in [0.25, 0.3) is 5.91 Å². The average molecular weight is 312 g/mol. The van der Waals surface area contributed by atoms with Crippen molar-refractivity contribution in [3.8, 4) is 5.75 Å². The monoisotopic (exact) mass is 312 g/mol. The van der Waals surface area contributed by atoms with E-state index in [0.29, 0.717) is 10.9 Å². The lowest BCUT2D eigenvalue weighted by Crippen LogP contribution is -2.30. The first-order chi connectivity index (χ1) is 10.6. The van der Waals surface area contributed by atoms with Crippen LogP contribution in [0, 0.1) is 6.92 Å². The number of nitrogens with zero attached hydrogens (tertiary/aromatic N) is 1. The molecular formula is C17H16N2O2S. The Morgan fingerprint density at radius 1 is 1.23 bits per heavy atom. The predicted molar refractivity (Wildman–Crippen MR) is 89.5 cm³/mol. The molecular weight excluding hydrogens is 296 g/mol. The van der Waals surface area contributed by atoms with Gasteiger partial charge in [0, 0.05) is 0 Å². The number of benzene rings is 2. The van der Waals surface area contributed by atoms with Crippen LogP contribution in [0.1, 0.15) is 12.5 Å². The van der Waals surface area contributed by atoms with Gasteiger partial charge in [-0.15, -0.1) is 0 Å². The number of nitrogens with one attached hydrogen (secondary N) is 1. The molecule has 0 spiro atoms. The molecule has 0 radical (unpaired) electrons. The van der Waals surface area contributed by atoms with E-state index < -0.39 is 6.10 Å². The number of hydrogen-bond donors (Lipinski definition) is 1. The van der Waals surface area contributed by atoms with E-state index in [1.54, 1.807) is 6.92 Å². The summed E-state index contributed by atoms with van der Waals surface area (Å²) in [6, 6.07) is 15.4. The number of thiazole rings is 1. The van der Waals surface area contributed by atoms with Crippen LogP contribution in [0.5, 0.6) is 5.75 Å². The summed E-state index contributed by atoms with van der Waals surface area (Å²) in [5.74, 6) is 0.479. The molecule has 0 aliphatic carbocycles. The molecule has 5 heteroatoms. The molecule has 112 valence electrons. The Bertz CT molecular complexity index is 780. The molecule has 0 aliphatic rings. The zero-order valence-electron chi connectivity index (χ0n) is 12.4. The molecule has 1 atom stereocenters. The number of rotatable bonds is 4. The van der Waals surface area contributed by atoms with Crippen LogP contribution in [0.3, 0.4) is 0 Å². The lowest BCUT2D eigenvalue weighted by atomic mass is 10.2. The van der Waals surface area contributed by atoms with Crippen molar-refractivity contribution in [1.82, 2.24) is 4.98 Å². The summed E-state index contributed by atoms with van der Waals surface area (Å²) in [7, 11) is 0. The number of amides is 1. The first-order valence-corrected chi connectivity index (χ1v) is 7.83. The topological polar surface area (TPSA) is 51.2 Å². The Morgan fingerprint density at radius 2 is 2.05 bits per heavy atom. The van der Waals surface area contributed by atoms with E-state index in [9.17, 15) is 4.79 Å². The smallest absolute Gasteiger partial charge is 0.266 e. The van der Waals surface area contributed by atoms with E-state index in [2.05, 4.69) is 10.3 Å². The maximum Gasteiger partial charge on any atom is 0.266 e. The van der Waals surface area contributed by atoms with Gasteiger partial charge >= 0.3 is 0 Å². The third-order valence-electron chi connectivity index (χ3n) is 3.20. The van der Waals surface area contributed by atoms with Gasteiger partial charge < -0.3 is 4.74 Å². The minimum atomic E-state index is -0.589. The van der Waals surface area contributed by atoms with E-state index >= 15 is 0 Å². The molecule has 4 nitrogen and oxygen atoms in total. The summed E-state index contributed by atoms with van der Waals surface area (Å²) in [4.78, 5) is 16.6. The largest absolute Gasteiger partial charge is 0.481 e. The van der Waals surface area contributed by atoms with Crippen molar-refractivity contribution >= 4 is 32.6 Å². The Hall–Kier alpha value is -2.40. The van der Waals surface area contributed by atoms with E-state index in [1.165, 1.54) is 11.3 Å². The SMILES string of the molecule is Cc1cccc(O[C@H](C)C(=O)Nc2nc3ccccc3s2)c1. The molecule has 2 aromatic carbocycles. The second-order valence-corrected chi connectivity index (χ2v) is 6.08. The van der Waals surface area contributed by atoms with Gasteiger partial charge in [0.15, 0.2) is 11.2 Å². The van der Waals surface area contributed by atoms with Gasteiger partial charge in [-0.3, -0.25) is 10.1 Å². The molecule has 0 bridgehead atoms.